The van der Waals surface area contributed by atoms with Crippen molar-refractivity contribution in [2.75, 3.05) is 26.1 Å². The first-order valence-electron chi connectivity index (χ1n) is 17.8. The summed E-state index contributed by atoms with van der Waals surface area (Å²) in [6.07, 6.45) is 5.36. The lowest BCUT2D eigenvalue weighted by atomic mass is 10.0. The average molecular weight is 712 g/mol. The fraction of sp³-hybridized carbons (Fsp3) is 0.317. The number of hydrogen-bond acceptors (Lipinski definition) is 9. The molecule has 0 N–H and O–H groups in total. The van der Waals surface area contributed by atoms with E-state index in [2.05, 4.69) is 89.6 Å². The Bertz CT molecular complexity index is 2250. The zero-order valence-corrected chi connectivity index (χ0v) is 31.4. The Balaban J connectivity index is 1.08. The number of benzene rings is 3. The van der Waals surface area contributed by atoms with Crippen molar-refractivity contribution in [3.63, 3.8) is 0 Å². The summed E-state index contributed by atoms with van der Waals surface area (Å²) in [7, 11) is 5.35. The molecule has 0 fully saturated rings. The lowest BCUT2D eigenvalue weighted by molar-refractivity contribution is 0.0782. The van der Waals surface area contributed by atoms with Gasteiger partial charge in [-0.15, -0.1) is 5.10 Å². The first-order valence-corrected chi connectivity index (χ1v) is 17.8. The molecule has 0 aliphatic carbocycles. The van der Waals surface area contributed by atoms with Crippen LogP contribution in [0.2, 0.25) is 0 Å². The molecule has 12 nitrogen and oxygen atoms in total. The van der Waals surface area contributed by atoms with Crippen LogP contribution in [-0.2, 0) is 32.7 Å². The molecule has 0 radical (unpaired) electrons. The molecule has 272 valence electrons. The molecule has 0 bridgehead atoms. The standard InChI is InChI=1S/C41H45N9O3/c1-26-10-13-30(14-11-26)25-53-39-28(3)19-31(20-29(39)4)22-47(5)40(51)38-35(45-50-18-8-9-36(38)50)24-49-23-34(44-46-49)33-21-32(15-12-27(33)2)48(6)37-16-17-42-41(43-37)52-7/h10-17,19-21,23H,8-9,18,22,24-25H2,1-7H3. The smallest absolute Gasteiger partial charge is 0.318 e. The summed E-state index contributed by atoms with van der Waals surface area (Å²) < 4.78 is 15.2. The second-order valence-corrected chi connectivity index (χ2v) is 13.9. The van der Waals surface area contributed by atoms with Gasteiger partial charge >= 0.3 is 6.01 Å². The van der Waals surface area contributed by atoms with Gasteiger partial charge in [0.1, 0.15) is 23.9 Å². The Kier molecular flexibility index (Phi) is 9.94. The summed E-state index contributed by atoms with van der Waals surface area (Å²) in [6, 6.07) is 20.9. The highest BCUT2D eigenvalue weighted by Gasteiger charge is 2.29. The van der Waals surface area contributed by atoms with Crippen LogP contribution in [0.5, 0.6) is 11.8 Å². The van der Waals surface area contributed by atoms with Crippen molar-refractivity contribution in [3.05, 3.63) is 123 Å². The van der Waals surface area contributed by atoms with Crippen LogP contribution in [0.25, 0.3) is 11.3 Å². The van der Waals surface area contributed by atoms with Crippen LogP contribution in [0.1, 0.15) is 61.5 Å². The van der Waals surface area contributed by atoms with Crippen LogP contribution in [0, 0.1) is 27.7 Å². The number of carbonyl (C=O) groups is 1. The lowest BCUT2D eigenvalue weighted by Gasteiger charge is -2.20. The quantitative estimate of drug-likeness (QED) is 0.135. The van der Waals surface area contributed by atoms with Crippen molar-refractivity contribution in [1.29, 1.82) is 0 Å². The Labute approximate surface area is 310 Å². The van der Waals surface area contributed by atoms with Crippen LogP contribution in [0.4, 0.5) is 11.5 Å². The van der Waals surface area contributed by atoms with E-state index in [-0.39, 0.29) is 5.91 Å². The van der Waals surface area contributed by atoms with Crippen molar-refractivity contribution in [1.82, 2.24) is 39.6 Å². The summed E-state index contributed by atoms with van der Waals surface area (Å²) in [5.74, 6) is 1.54. The van der Waals surface area contributed by atoms with E-state index in [1.165, 1.54) is 5.56 Å². The summed E-state index contributed by atoms with van der Waals surface area (Å²) in [6.45, 7) is 10.3. The molecule has 0 saturated heterocycles. The van der Waals surface area contributed by atoms with Crippen LogP contribution >= 0.6 is 0 Å². The van der Waals surface area contributed by atoms with Crippen LogP contribution in [0.3, 0.4) is 0 Å². The maximum Gasteiger partial charge on any atom is 0.318 e. The molecule has 1 amide bonds. The molecule has 0 saturated carbocycles. The van der Waals surface area contributed by atoms with Crippen molar-refractivity contribution in [2.45, 2.75) is 66.8 Å². The Hall–Kier alpha value is -6.04. The van der Waals surface area contributed by atoms with Gasteiger partial charge in [-0.1, -0.05) is 53.2 Å². The number of methoxy groups -OCH3 is 1. The molecule has 4 heterocycles. The van der Waals surface area contributed by atoms with E-state index in [1.54, 1.807) is 22.9 Å². The van der Waals surface area contributed by atoms with Gasteiger partial charge in [0.25, 0.3) is 5.91 Å². The molecule has 53 heavy (non-hydrogen) atoms. The van der Waals surface area contributed by atoms with Crippen molar-refractivity contribution >= 4 is 17.4 Å². The molecule has 0 spiro atoms. The Morgan fingerprint density at radius 1 is 0.925 bits per heavy atom. The van der Waals surface area contributed by atoms with E-state index >= 15 is 0 Å². The summed E-state index contributed by atoms with van der Waals surface area (Å²) in [4.78, 5) is 26.6. The van der Waals surface area contributed by atoms with Gasteiger partial charge in [0.15, 0.2) is 0 Å². The molecule has 1 aliphatic heterocycles. The second kappa shape index (κ2) is 14.9. The Morgan fingerprint density at radius 2 is 1.70 bits per heavy atom. The van der Waals surface area contributed by atoms with Gasteiger partial charge in [-0.3, -0.25) is 9.48 Å². The third-order valence-electron chi connectivity index (χ3n) is 9.80. The van der Waals surface area contributed by atoms with Gasteiger partial charge in [-0.2, -0.15) is 10.1 Å². The number of anilines is 2. The van der Waals surface area contributed by atoms with Gasteiger partial charge in [0.05, 0.1) is 36.8 Å². The number of aromatic nitrogens is 7. The number of fused-ring (bicyclic) bond motifs is 1. The normalized spacial score (nSPS) is 12.1. The Morgan fingerprint density at radius 3 is 2.45 bits per heavy atom. The molecule has 0 atom stereocenters. The summed E-state index contributed by atoms with van der Waals surface area (Å²) in [5, 5.41) is 13.9. The molecule has 1 aliphatic rings. The molecule has 3 aromatic heterocycles. The predicted octanol–water partition coefficient (Wildman–Crippen LogP) is 6.79. The molecule has 12 heteroatoms. The SMILES string of the molecule is COc1nccc(N(C)c2ccc(C)c(-c3cn(Cc4nn5c(c4C(=O)N(C)Cc4cc(C)c(OCc6ccc(C)cc6)c(C)c4)CCC5)nn3)c2)n1. The zero-order chi connectivity index (χ0) is 37.2. The lowest BCUT2D eigenvalue weighted by Crippen LogP contribution is -2.28. The number of nitrogens with zero attached hydrogens (tertiary/aromatic N) is 9. The first-order chi connectivity index (χ1) is 25.6. The van der Waals surface area contributed by atoms with Gasteiger partial charge in [0.2, 0.25) is 0 Å². The fourth-order valence-corrected chi connectivity index (χ4v) is 6.98. The minimum Gasteiger partial charge on any atom is -0.488 e. The number of hydrogen-bond donors (Lipinski definition) is 0. The fourth-order valence-electron chi connectivity index (χ4n) is 6.98. The van der Waals surface area contributed by atoms with E-state index < -0.39 is 0 Å². The van der Waals surface area contributed by atoms with E-state index in [1.807, 2.05) is 48.9 Å². The second-order valence-electron chi connectivity index (χ2n) is 13.9. The third kappa shape index (κ3) is 7.48. The van der Waals surface area contributed by atoms with Crippen molar-refractivity contribution in [3.8, 4) is 23.0 Å². The predicted molar refractivity (Wildman–Crippen MR) is 204 cm³/mol. The van der Waals surface area contributed by atoms with Crippen LogP contribution < -0.4 is 14.4 Å². The molecule has 6 aromatic rings. The number of amides is 1. The molecule has 3 aromatic carbocycles. The largest absolute Gasteiger partial charge is 0.488 e. The van der Waals surface area contributed by atoms with Gasteiger partial charge in [-0.25, -0.2) is 9.67 Å². The number of aryl methyl sites for hydroxylation is 5. The van der Waals surface area contributed by atoms with Crippen molar-refractivity contribution in [2.24, 2.45) is 0 Å². The maximum atomic E-state index is 14.2. The van der Waals surface area contributed by atoms with E-state index in [4.69, 9.17) is 14.6 Å². The minimum atomic E-state index is -0.0496. The van der Waals surface area contributed by atoms with Gasteiger partial charge in [-0.05, 0) is 86.6 Å². The molecular formula is C41H45N9O3. The van der Waals surface area contributed by atoms with E-state index in [9.17, 15) is 4.79 Å². The third-order valence-corrected chi connectivity index (χ3v) is 9.80. The zero-order valence-electron chi connectivity index (χ0n) is 31.4. The van der Waals surface area contributed by atoms with Gasteiger partial charge < -0.3 is 19.3 Å². The van der Waals surface area contributed by atoms with Gasteiger partial charge in [0, 0.05) is 44.6 Å². The number of carbonyl (C=O) groups excluding carboxylic acids is 1. The average Bonchev–Trinajstić information content (AvgIpc) is 3.89. The van der Waals surface area contributed by atoms with Crippen LogP contribution in [0.15, 0.2) is 73.1 Å². The highest BCUT2D eigenvalue weighted by atomic mass is 16.5. The topological polar surface area (TPSA) is 116 Å². The van der Waals surface area contributed by atoms with E-state index in [0.717, 1.165) is 75.6 Å². The molecular weight excluding hydrogens is 667 g/mol. The maximum absolute atomic E-state index is 14.2. The van der Waals surface area contributed by atoms with E-state index in [0.29, 0.717) is 42.8 Å². The van der Waals surface area contributed by atoms with Crippen LogP contribution in [-0.4, -0.2) is 66.8 Å². The number of ether oxygens (including phenoxy) is 2. The first kappa shape index (κ1) is 35.4. The summed E-state index contributed by atoms with van der Waals surface area (Å²) >= 11 is 0. The summed E-state index contributed by atoms with van der Waals surface area (Å²) in [5.41, 5.74) is 11.5. The highest BCUT2D eigenvalue weighted by molar-refractivity contribution is 5.96. The monoisotopic (exact) mass is 711 g/mol. The molecule has 7 rings (SSSR count). The van der Waals surface area contributed by atoms with Crippen molar-refractivity contribution < 1.29 is 14.3 Å². The number of rotatable bonds is 12. The minimum absolute atomic E-state index is 0.0496. The molecule has 0 unspecified atom stereocenters. The highest BCUT2D eigenvalue weighted by Crippen LogP contribution is 2.31.